The molecule has 1 N–H and O–H groups in total. The first-order valence-corrected chi connectivity index (χ1v) is 5.74. The SMILES string of the molecule is COC(=O)CN(C)c1nc2cc3c(cc2[nH]1)OCO3. The van der Waals surface area contributed by atoms with Gasteiger partial charge in [0.25, 0.3) is 0 Å². The normalized spacial score (nSPS) is 12.7. The molecule has 0 bridgehead atoms. The standard InChI is InChI=1S/C12H13N3O4/c1-15(5-11(16)17-2)12-13-7-3-9-10(19-6-18-9)4-8(7)14-12/h3-4H,5-6H2,1-2H3,(H,13,14). The van der Waals surface area contributed by atoms with Crippen molar-refractivity contribution in [3.63, 3.8) is 0 Å². The van der Waals surface area contributed by atoms with Crippen molar-refractivity contribution in [3.8, 4) is 11.5 Å². The van der Waals surface area contributed by atoms with Crippen LogP contribution in [0.2, 0.25) is 0 Å². The van der Waals surface area contributed by atoms with Gasteiger partial charge in [0, 0.05) is 19.2 Å². The van der Waals surface area contributed by atoms with E-state index in [9.17, 15) is 4.79 Å². The molecule has 1 aliphatic heterocycles. The lowest BCUT2D eigenvalue weighted by Crippen LogP contribution is -2.27. The highest BCUT2D eigenvalue weighted by Crippen LogP contribution is 2.35. The predicted molar refractivity (Wildman–Crippen MR) is 67.5 cm³/mol. The Labute approximate surface area is 109 Å². The zero-order chi connectivity index (χ0) is 13.4. The summed E-state index contributed by atoms with van der Waals surface area (Å²) in [7, 11) is 3.11. The maximum atomic E-state index is 11.2. The first-order chi connectivity index (χ1) is 9.17. The number of esters is 1. The van der Waals surface area contributed by atoms with Crippen LogP contribution in [0.5, 0.6) is 11.5 Å². The van der Waals surface area contributed by atoms with E-state index in [2.05, 4.69) is 14.7 Å². The molecule has 2 heterocycles. The number of aromatic nitrogens is 2. The minimum absolute atomic E-state index is 0.128. The summed E-state index contributed by atoms with van der Waals surface area (Å²) in [6.07, 6.45) is 0. The van der Waals surface area contributed by atoms with Gasteiger partial charge in [-0.3, -0.25) is 4.79 Å². The molecule has 1 aromatic heterocycles. The summed E-state index contributed by atoms with van der Waals surface area (Å²) in [6.45, 7) is 0.361. The quantitative estimate of drug-likeness (QED) is 0.829. The molecule has 2 aromatic rings. The molecule has 7 heteroatoms. The van der Waals surface area contributed by atoms with Gasteiger partial charge in [-0.1, -0.05) is 0 Å². The van der Waals surface area contributed by atoms with Crippen LogP contribution >= 0.6 is 0 Å². The summed E-state index contributed by atoms with van der Waals surface area (Å²) in [4.78, 5) is 20.4. The lowest BCUT2D eigenvalue weighted by molar-refractivity contribution is -0.138. The fourth-order valence-electron chi connectivity index (χ4n) is 1.90. The van der Waals surface area contributed by atoms with Gasteiger partial charge >= 0.3 is 5.97 Å². The lowest BCUT2D eigenvalue weighted by atomic mass is 10.3. The monoisotopic (exact) mass is 263 g/mol. The third-order valence-electron chi connectivity index (χ3n) is 2.92. The van der Waals surface area contributed by atoms with Crippen LogP contribution in [0.15, 0.2) is 12.1 Å². The van der Waals surface area contributed by atoms with Crippen molar-refractivity contribution in [2.45, 2.75) is 0 Å². The number of anilines is 1. The molecule has 0 spiro atoms. The van der Waals surface area contributed by atoms with Crippen LogP contribution in [0.1, 0.15) is 0 Å². The van der Waals surface area contributed by atoms with E-state index >= 15 is 0 Å². The van der Waals surface area contributed by atoms with Crippen molar-refractivity contribution in [3.05, 3.63) is 12.1 Å². The number of likely N-dealkylation sites (N-methyl/N-ethyl adjacent to an activating group) is 1. The molecular weight excluding hydrogens is 250 g/mol. The van der Waals surface area contributed by atoms with E-state index in [0.717, 1.165) is 11.0 Å². The molecule has 1 aliphatic rings. The van der Waals surface area contributed by atoms with E-state index in [-0.39, 0.29) is 19.3 Å². The van der Waals surface area contributed by atoms with E-state index in [4.69, 9.17) is 9.47 Å². The molecule has 3 rings (SSSR count). The van der Waals surface area contributed by atoms with E-state index in [0.29, 0.717) is 17.4 Å². The Morgan fingerprint density at radius 2 is 2.21 bits per heavy atom. The molecule has 0 atom stereocenters. The zero-order valence-corrected chi connectivity index (χ0v) is 10.6. The summed E-state index contributed by atoms with van der Waals surface area (Å²) in [5.74, 6) is 1.64. The molecule has 0 amide bonds. The van der Waals surface area contributed by atoms with Crippen LogP contribution in [0, 0.1) is 0 Å². The Kier molecular flexibility index (Phi) is 2.66. The van der Waals surface area contributed by atoms with E-state index < -0.39 is 0 Å². The Bertz CT molecular complexity index is 596. The van der Waals surface area contributed by atoms with Crippen molar-refractivity contribution in [2.75, 3.05) is 32.4 Å². The minimum Gasteiger partial charge on any atom is -0.468 e. The maximum absolute atomic E-state index is 11.2. The van der Waals surface area contributed by atoms with Gasteiger partial charge in [0.1, 0.15) is 6.54 Å². The second kappa shape index (κ2) is 4.34. The third kappa shape index (κ3) is 2.03. The van der Waals surface area contributed by atoms with Crippen molar-refractivity contribution in [1.29, 1.82) is 0 Å². The molecule has 0 fully saturated rings. The first kappa shape index (κ1) is 11.6. The average molecular weight is 263 g/mol. The van der Waals surface area contributed by atoms with Gasteiger partial charge in [-0.2, -0.15) is 0 Å². The van der Waals surface area contributed by atoms with Crippen LogP contribution in [-0.4, -0.2) is 43.4 Å². The number of hydrogen-bond donors (Lipinski definition) is 1. The van der Waals surface area contributed by atoms with Crippen molar-refractivity contribution in [2.24, 2.45) is 0 Å². The van der Waals surface area contributed by atoms with Crippen LogP contribution in [0.25, 0.3) is 11.0 Å². The van der Waals surface area contributed by atoms with E-state index in [1.54, 1.807) is 11.9 Å². The van der Waals surface area contributed by atoms with Gasteiger partial charge in [-0.25, -0.2) is 4.98 Å². The Morgan fingerprint density at radius 1 is 1.47 bits per heavy atom. The number of nitrogens with one attached hydrogen (secondary N) is 1. The van der Waals surface area contributed by atoms with E-state index in [1.807, 2.05) is 12.1 Å². The number of benzene rings is 1. The van der Waals surface area contributed by atoms with Crippen molar-refractivity contribution >= 4 is 23.0 Å². The van der Waals surface area contributed by atoms with Gasteiger partial charge in [0.05, 0.1) is 18.1 Å². The smallest absolute Gasteiger partial charge is 0.325 e. The number of H-pyrrole nitrogens is 1. The second-order valence-corrected chi connectivity index (χ2v) is 4.22. The minimum atomic E-state index is -0.322. The largest absolute Gasteiger partial charge is 0.468 e. The van der Waals surface area contributed by atoms with Crippen LogP contribution in [-0.2, 0) is 9.53 Å². The predicted octanol–water partition coefficient (Wildman–Crippen LogP) is 0.901. The molecule has 0 unspecified atom stereocenters. The number of aromatic amines is 1. The van der Waals surface area contributed by atoms with Crippen LogP contribution < -0.4 is 14.4 Å². The Hall–Kier alpha value is -2.44. The van der Waals surface area contributed by atoms with Gasteiger partial charge < -0.3 is 24.1 Å². The van der Waals surface area contributed by atoms with Gasteiger partial charge in [0.15, 0.2) is 11.5 Å². The highest BCUT2D eigenvalue weighted by Gasteiger charge is 2.17. The number of methoxy groups -OCH3 is 1. The summed E-state index contributed by atoms with van der Waals surface area (Å²) in [6, 6.07) is 3.64. The maximum Gasteiger partial charge on any atom is 0.325 e. The van der Waals surface area contributed by atoms with Gasteiger partial charge in [0.2, 0.25) is 12.7 Å². The number of rotatable bonds is 3. The highest BCUT2D eigenvalue weighted by atomic mass is 16.7. The van der Waals surface area contributed by atoms with Crippen LogP contribution in [0.4, 0.5) is 5.95 Å². The fraction of sp³-hybridized carbons (Fsp3) is 0.333. The molecule has 0 aliphatic carbocycles. The molecule has 0 saturated carbocycles. The average Bonchev–Trinajstić information content (AvgIpc) is 3.00. The van der Waals surface area contributed by atoms with Gasteiger partial charge in [-0.05, 0) is 0 Å². The number of ether oxygens (including phenoxy) is 3. The fourth-order valence-corrected chi connectivity index (χ4v) is 1.90. The molecule has 100 valence electrons. The summed E-state index contributed by atoms with van der Waals surface area (Å²) in [5.41, 5.74) is 1.59. The molecular formula is C12H13N3O4. The van der Waals surface area contributed by atoms with Gasteiger partial charge in [-0.15, -0.1) is 0 Å². The topological polar surface area (TPSA) is 76.7 Å². The first-order valence-electron chi connectivity index (χ1n) is 5.74. The Morgan fingerprint density at radius 3 is 2.95 bits per heavy atom. The second-order valence-electron chi connectivity index (χ2n) is 4.22. The summed E-state index contributed by atoms with van der Waals surface area (Å²) < 4.78 is 15.2. The molecule has 0 radical (unpaired) electrons. The van der Waals surface area contributed by atoms with Crippen LogP contribution in [0.3, 0.4) is 0 Å². The third-order valence-corrected chi connectivity index (χ3v) is 2.92. The number of carbonyl (C=O) groups excluding carboxylic acids is 1. The number of imidazole rings is 1. The van der Waals surface area contributed by atoms with Crippen molar-refractivity contribution < 1.29 is 19.0 Å². The number of nitrogens with zero attached hydrogens (tertiary/aromatic N) is 2. The number of carbonyl (C=O) groups is 1. The number of fused-ring (bicyclic) bond motifs is 2. The Balaban J connectivity index is 1.91. The molecule has 19 heavy (non-hydrogen) atoms. The van der Waals surface area contributed by atoms with Crippen molar-refractivity contribution in [1.82, 2.24) is 9.97 Å². The van der Waals surface area contributed by atoms with E-state index in [1.165, 1.54) is 7.11 Å². The number of hydrogen-bond acceptors (Lipinski definition) is 6. The molecule has 7 nitrogen and oxygen atoms in total. The molecule has 1 aromatic carbocycles. The lowest BCUT2D eigenvalue weighted by Gasteiger charge is -2.13. The highest BCUT2D eigenvalue weighted by molar-refractivity contribution is 5.83. The summed E-state index contributed by atoms with van der Waals surface area (Å²) >= 11 is 0. The summed E-state index contributed by atoms with van der Waals surface area (Å²) in [5, 5.41) is 0. The zero-order valence-electron chi connectivity index (χ0n) is 10.6. The molecule has 0 saturated heterocycles.